The van der Waals surface area contributed by atoms with Crippen LogP contribution < -0.4 is 0 Å². The maximum Gasteiger partial charge on any atom is 0.313 e. The number of esters is 3. The lowest BCUT2D eigenvalue weighted by molar-refractivity contribution is -0.167. The van der Waals surface area contributed by atoms with Gasteiger partial charge in [-0.3, -0.25) is 14.4 Å². The van der Waals surface area contributed by atoms with Crippen LogP contribution in [0.4, 0.5) is 4.39 Å². The lowest BCUT2D eigenvalue weighted by Gasteiger charge is -2.21. The highest BCUT2D eigenvalue weighted by atomic mass is 19.1. The summed E-state index contributed by atoms with van der Waals surface area (Å²) >= 11 is 0. The molecule has 0 aliphatic heterocycles. The van der Waals surface area contributed by atoms with E-state index >= 15 is 0 Å². The van der Waals surface area contributed by atoms with Gasteiger partial charge in [-0.05, 0) is 37.0 Å². The topological polar surface area (TPSA) is 78.9 Å². The first kappa shape index (κ1) is 38.0. The summed E-state index contributed by atoms with van der Waals surface area (Å²) in [6.45, 7) is 5.58. The van der Waals surface area contributed by atoms with E-state index in [-0.39, 0.29) is 38.0 Å². The molecule has 0 aliphatic carbocycles. The third kappa shape index (κ3) is 16.1. The second-order valence-electron chi connectivity index (χ2n) is 12.0. The second-order valence-corrected chi connectivity index (χ2v) is 12.0. The van der Waals surface area contributed by atoms with Crippen LogP contribution in [0.1, 0.15) is 135 Å². The van der Waals surface area contributed by atoms with Gasteiger partial charge in [-0.1, -0.05) is 133 Å². The summed E-state index contributed by atoms with van der Waals surface area (Å²) in [4.78, 5) is 37.9. The minimum Gasteiger partial charge on any atom is -0.462 e. The van der Waals surface area contributed by atoms with E-state index in [1.165, 1.54) is 57.4 Å². The Bertz CT molecular complexity index is 1080. The van der Waals surface area contributed by atoms with E-state index in [9.17, 15) is 18.8 Å². The Kier molecular flexibility index (Phi) is 19.5. The van der Waals surface area contributed by atoms with E-state index in [4.69, 9.17) is 14.2 Å². The van der Waals surface area contributed by atoms with E-state index < -0.39 is 23.8 Å². The summed E-state index contributed by atoms with van der Waals surface area (Å²) in [5.74, 6) is -2.57. The van der Waals surface area contributed by atoms with Gasteiger partial charge in [-0.25, -0.2) is 4.39 Å². The fourth-order valence-electron chi connectivity index (χ4n) is 5.14. The number of halogens is 1. The Morgan fingerprint density at radius 1 is 0.667 bits per heavy atom. The fraction of sp³-hybridized carbons (Fsp3) is 0.605. The van der Waals surface area contributed by atoms with Gasteiger partial charge >= 0.3 is 17.9 Å². The highest BCUT2D eigenvalue weighted by Gasteiger charge is 2.25. The predicted molar refractivity (Wildman–Crippen MR) is 177 cm³/mol. The molecule has 250 valence electrons. The molecular weight excluding hydrogens is 571 g/mol. The van der Waals surface area contributed by atoms with Gasteiger partial charge in [-0.2, -0.15) is 0 Å². The first-order valence-electron chi connectivity index (χ1n) is 17.2. The molecule has 0 bridgehead atoms. The normalized spacial score (nSPS) is 11.8. The molecule has 0 N–H and O–H groups in total. The van der Waals surface area contributed by atoms with Gasteiger partial charge in [0.1, 0.15) is 19.0 Å². The van der Waals surface area contributed by atoms with Gasteiger partial charge in [-0.15, -0.1) is 0 Å². The van der Waals surface area contributed by atoms with Crippen molar-refractivity contribution in [3.63, 3.8) is 0 Å². The van der Waals surface area contributed by atoms with Crippen LogP contribution in [0.25, 0.3) is 11.1 Å². The lowest BCUT2D eigenvalue weighted by atomic mass is 9.97. The minimum atomic E-state index is -0.954. The van der Waals surface area contributed by atoms with Crippen LogP contribution in [-0.2, 0) is 28.6 Å². The lowest BCUT2D eigenvalue weighted by Crippen LogP contribution is -2.32. The highest BCUT2D eigenvalue weighted by molar-refractivity contribution is 5.78. The standard InChI is InChI=1S/C38H55FO6/c1-4-6-8-10-12-14-19-23-36(40)43-28-33(29-44-37(41)24-20-15-13-11-9-7-5-2)45-38(42)30(3)32-25-26-34(35(39)27-32)31-21-17-16-18-22-31/h16-18,21-22,25-27,30,33H,4-15,19-20,23-24,28-29H2,1-3H3/t30-/m1/s1. The summed E-state index contributed by atoms with van der Waals surface area (Å²) < 4.78 is 31.5. The van der Waals surface area contributed by atoms with Crippen molar-refractivity contribution in [2.75, 3.05) is 13.2 Å². The first-order valence-corrected chi connectivity index (χ1v) is 17.2. The van der Waals surface area contributed by atoms with Crippen LogP contribution in [-0.4, -0.2) is 37.2 Å². The van der Waals surface area contributed by atoms with E-state index in [0.717, 1.165) is 44.1 Å². The molecule has 0 saturated heterocycles. The van der Waals surface area contributed by atoms with Gasteiger partial charge in [0.05, 0.1) is 5.92 Å². The van der Waals surface area contributed by atoms with E-state index in [1.807, 2.05) is 30.3 Å². The Labute approximate surface area is 270 Å². The van der Waals surface area contributed by atoms with Crippen LogP contribution >= 0.6 is 0 Å². The van der Waals surface area contributed by atoms with Crippen LogP contribution in [0.15, 0.2) is 48.5 Å². The second kappa shape index (κ2) is 23.2. The number of ether oxygens (including phenoxy) is 3. The third-order valence-electron chi connectivity index (χ3n) is 8.04. The molecule has 2 aromatic carbocycles. The molecule has 0 amide bonds. The quantitative estimate of drug-likeness (QED) is 0.0656. The zero-order valence-electron chi connectivity index (χ0n) is 27.8. The van der Waals surface area contributed by atoms with E-state index in [1.54, 1.807) is 19.1 Å². The van der Waals surface area contributed by atoms with Gasteiger partial charge in [0.15, 0.2) is 6.10 Å². The molecule has 0 saturated carbocycles. The molecule has 0 fully saturated rings. The summed E-state index contributed by atoms with van der Waals surface area (Å²) in [5, 5.41) is 0. The molecule has 0 radical (unpaired) electrons. The molecule has 2 rings (SSSR count). The van der Waals surface area contributed by atoms with Crippen molar-refractivity contribution in [1.29, 1.82) is 0 Å². The largest absolute Gasteiger partial charge is 0.462 e. The number of hydrogen-bond donors (Lipinski definition) is 0. The smallest absolute Gasteiger partial charge is 0.313 e. The third-order valence-corrected chi connectivity index (χ3v) is 8.04. The number of hydrogen-bond acceptors (Lipinski definition) is 6. The van der Waals surface area contributed by atoms with Gasteiger partial charge in [0, 0.05) is 18.4 Å². The summed E-state index contributed by atoms with van der Waals surface area (Å²) in [6, 6.07) is 13.9. The van der Waals surface area contributed by atoms with Crippen molar-refractivity contribution in [2.45, 2.75) is 136 Å². The minimum absolute atomic E-state index is 0.209. The Balaban J connectivity index is 1.91. The highest BCUT2D eigenvalue weighted by Crippen LogP contribution is 2.27. The molecule has 2 aromatic rings. The van der Waals surface area contributed by atoms with Crippen LogP contribution in [0.2, 0.25) is 0 Å². The van der Waals surface area contributed by atoms with Crippen molar-refractivity contribution in [2.24, 2.45) is 0 Å². The van der Waals surface area contributed by atoms with Crippen molar-refractivity contribution in [3.8, 4) is 11.1 Å². The van der Waals surface area contributed by atoms with Gasteiger partial charge in [0.25, 0.3) is 0 Å². The number of carbonyl (C=O) groups is 3. The number of rotatable bonds is 24. The molecule has 0 heterocycles. The molecule has 7 heteroatoms. The van der Waals surface area contributed by atoms with Gasteiger partial charge < -0.3 is 14.2 Å². The maximum atomic E-state index is 15.0. The summed E-state index contributed by atoms with van der Waals surface area (Å²) in [5.41, 5.74) is 1.65. The predicted octanol–water partition coefficient (Wildman–Crippen LogP) is 9.88. The molecule has 45 heavy (non-hydrogen) atoms. The molecular formula is C38H55FO6. The van der Waals surface area contributed by atoms with Crippen molar-refractivity contribution >= 4 is 17.9 Å². The van der Waals surface area contributed by atoms with Crippen LogP contribution in [0.3, 0.4) is 0 Å². The van der Waals surface area contributed by atoms with Crippen LogP contribution in [0.5, 0.6) is 0 Å². The molecule has 0 spiro atoms. The molecule has 0 aromatic heterocycles. The monoisotopic (exact) mass is 626 g/mol. The van der Waals surface area contributed by atoms with Gasteiger partial charge in [0.2, 0.25) is 0 Å². The summed E-state index contributed by atoms with van der Waals surface area (Å²) in [6.07, 6.45) is 14.8. The molecule has 0 aliphatic rings. The fourth-order valence-corrected chi connectivity index (χ4v) is 5.14. The Hall–Kier alpha value is -3.22. The van der Waals surface area contributed by atoms with Crippen molar-refractivity contribution in [1.82, 2.24) is 0 Å². The average Bonchev–Trinajstić information content (AvgIpc) is 3.05. The van der Waals surface area contributed by atoms with E-state index in [2.05, 4.69) is 13.8 Å². The maximum absolute atomic E-state index is 15.0. The zero-order valence-corrected chi connectivity index (χ0v) is 27.8. The average molecular weight is 627 g/mol. The Morgan fingerprint density at radius 3 is 1.64 bits per heavy atom. The molecule has 6 nitrogen and oxygen atoms in total. The summed E-state index contributed by atoms with van der Waals surface area (Å²) in [7, 11) is 0. The number of carbonyl (C=O) groups excluding carboxylic acids is 3. The van der Waals surface area contributed by atoms with Crippen molar-refractivity contribution in [3.05, 3.63) is 59.9 Å². The molecule has 1 atom stereocenters. The Morgan fingerprint density at radius 2 is 1.16 bits per heavy atom. The SMILES string of the molecule is CCCCCCCCCC(=O)OCC(COC(=O)CCCCCCCCC)OC(=O)[C@H](C)c1ccc(-c2ccccc2)c(F)c1. The molecule has 0 unspecified atom stereocenters. The number of benzene rings is 2. The van der Waals surface area contributed by atoms with Crippen LogP contribution in [0, 0.1) is 5.82 Å². The zero-order chi connectivity index (χ0) is 32.7. The van der Waals surface area contributed by atoms with Crippen molar-refractivity contribution < 1.29 is 33.0 Å². The number of unbranched alkanes of at least 4 members (excludes halogenated alkanes) is 12. The first-order chi connectivity index (χ1) is 21.8. The van der Waals surface area contributed by atoms with E-state index in [0.29, 0.717) is 11.1 Å².